The lowest BCUT2D eigenvalue weighted by molar-refractivity contribution is -0.146. The Kier molecular flexibility index (Phi) is 6.14. The van der Waals surface area contributed by atoms with Crippen molar-refractivity contribution in [3.8, 4) is 0 Å². The van der Waals surface area contributed by atoms with E-state index < -0.39 is 17.1 Å². The van der Waals surface area contributed by atoms with Gasteiger partial charge in [-0.1, -0.05) is 0 Å². The minimum Gasteiger partial charge on any atom is -0.483 e. The number of H-pyrrole nitrogens is 1. The minimum atomic E-state index is -0.862. The lowest BCUT2D eigenvalue weighted by atomic mass is 9.85. The number of aromatic nitrogens is 3. The van der Waals surface area contributed by atoms with Crippen molar-refractivity contribution in [1.82, 2.24) is 24.6 Å². The van der Waals surface area contributed by atoms with Gasteiger partial charge in [0.2, 0.25) is 11.7 Å². The molecular formula is C15H23N5O6. The highest BCUT2D eigenvalue weighted by Gasteiger charge is 2.53. The van der Waals surface area contributed by atoms with Crippen LogP contribution in [-0.4, -0.2) is 84.8 Å². The first-order valence-corrected chi connectivity index (χ1v) is 8.34. The number of carbonyl (C=O) groups excluding carboxylic acids is 2. The van der Waals surface area contributed by atoms with Crippen molar-refractivity contribution in [2.75, 3.05) is 26.2 Å². The van der Waals surface area contributed by atoms with Crippen molar-refractivity contribution in [3.63, 3.8) is 0 Å². The van der Waals surface area contributed by atoms with Gasteiger partial charge in [0.05, 0.1) is 6.61 Å². The fourth-order valence-corrected chi connectivity index (χ4v) is 3.68. The largest absolute Gasteiger partial charge is 0.483 e. The highest BCUT2D eigenvalue weighted by molar-refractivity contribution is 5.97. The number of β-amino-alcohol motifs (C(OH)–C–C–N with tert-alkyl or cyclic N) is 1. The molecule has 0 aromatic carbocycles. The number of aromatic amines is 1. The standard InChI is InChI=1S/C14H21N5O4.CH2O2/c1-17-13(23)15-10(16-17)11(21)19-7-3-5-14(19)4-2-6-18(8-9-20)12(14)22;2-1-3/h20H,2-9H2,1H3,(H,15,16,23);1H,(H,2,3). The van der Waals surface area contributed by atoms with E-state index in [0.717, 1.165) is 17.5 Å². The van der Waals surface area contributed by atoms with Crippen molar-refractivity contribution in [1.29, 1.82) is 0 Å². The molecule has 0 bridgehead atoms. The van der Waals surface area contributed by atoms with Crippen LogP contribution >= 0.6 is 0 Å². The molecule has 1 unspecified atom stereocenters. The summed E-state index contributed by atoms with van der Waals surface area (Å²) in [6.45, 7) is 1.01. The maximum absolute atomic E-state index is 12.9. The van der Waals surface area contributed by atoms with E-state index in [1.165, 1.54) is 7.05 Å². The van der Waals surface area contributed by atoms with Gasteiger partial charge in [-0.3, -0.25) is 19.4 Å². The van der Waals surface area contributed by atoms with Crippen LogP contribution in [0.3, 0.4) is 0 Å². The van der Waals surface area contributed by atoms with Crippen LogP contribution in [0.1, 0.15) is 36.3 Å². The lowest BCUT2D eigenvalue weighted by Gasteiger charge is -2.44. The van der Waals surface area contributed by atoms with Gasteiger partial charge in [-0.2, -0.15) is 0 Å². The molecule has 2 aliphatic rings. The van der Waals surface area contributed by atoms with E-state index in [4.69, 9.17) is 15.0 Å². The molecule has 2 amide bonds. The van der Waals surface area contributed by atoms with Crippen LogP contribution in [-0.2, 0) is 16.6 Å². The van der Waals surface area contributed by atoms with E-state index in [9.17, 15) is 14.4 Å². The predicted molar refractivity (Wildman–Crippen MR) is 88.4 cm³/mol. The summed E-state index contributed by atoms with van der Waals surface area (Å²) in [5, 5.41) is 19.9. The number of nitrogens with one attached hydrogen (secondary N) is 1. The Morgan fingerprint density at radius 2 is 1.92 bits per heavy atom. The van der Waals surface area contributed by atoms with Gasteiger partial charge in [0.15, 0.2) is 0 Å². The SMILES string of the molecule is Cn1nc(C(=O)N2CCCC23CCCN(CCO)C3=O)[nH]c1=O.O=CO. The predicted octanol–water partition coefficient (Wildman–Crippen LogP) is -1.60. The summed E-state index contributed by atoms with van der Waals surface area (Å²) in [6.07, 6.45) is 2.74. The highest BCUT2D eigenvalue weighted by Crippen LogP contribution is 2.38. The number of aryl methyl sites for hydroxylation is 1. The maximum atomic E-state index is 12.9. The number of carboxylic acid groups (broad SMARTS) is 1. The molecule has 1 spiro atoms. The average Bonchev–Trinajstić information content (AvgIpc) is 3.17. The fourth-order valence-electron chi connectivity index (χ4n) is 3.68. The Morgan fingerprint density at radius 1 is 1.31 bits per heavy atom. The minimum absolute atomic E-state index is 0.0362. The normalized spacial score (nSPS) is 22.3. The smallest absolute Gasteiger partial charge is 0.343 e. The molecule has 3 heterocycles. The average molecular weight is 369 g/mol. The molecule has 3 rings (SSSR count). The lowest BCUT2D eigenvalue weighted by Crippen LogP contribution is -2.61. The third-order valence-corrected chi connectivity index (χ3v) is 4.78. The fraction of sp³-hybridized carbons (Fsp3) is 0.667. The molecule has 3 N–H and O–H groups in total. The molecule has 0 radical (unpaired) electrons. The number of hydrogen-bond donors (Lipinski definition) is 3. The van der Waals surface area contributed by atoms with E-state index in [1.54, 1.807) is 9.80 Å². The number of likely N-dealkylation sites (tertiary alicyclic amines) is 2. The number of nitrogens with zero attached hydrogens (tertiary/aromatic N) is 4. The monoisotopic (exact) mass is 369 g/mol. The van der Waals surface area contributed by atoms with Gasteiger partial charge in [-0.25, -0.2) is 9.48 Å². The van der Waals surface area contributed by atoms with Crippen LogP contribution in [0.4, 0.5) is 0 Å². The van der Waals surface area contributed by atoms with Crippen LogP contribution in [0.15, 0.2) is 4.79 Å². The molecule has 2 aliphatic heterocycles. The maximum Gasteiger partial charge on any atom is 0.343 e. The van der Waals surface area contributed by atoms with Gasteiger partial charge < -0.3 is 20.0 Å². The third-order valence-electron chi connectivity index (χ3n) is 4.78. The topological polar surface area (TPSA) is 149 Å². The molecule has 144 valence electrons. The molecule has 1 atom stereocenters. The van der Waals surface area contributed by atoms with Gasteiger partial charge >= 0.3 is 5.69 Å². The highest BCUT2D eigenvalue weighted by atomic mass is 16.3. The number of aliphatic hydroxyl groups excluding tert-OH is 1. The van der Waals surface area contributed by atoms with E-state index in [-0.39, 0.29) is 31.4 Å². The third kappa shape index (κ3) is 3.47. The number of aliphatic hydroxyl groups is 1. The second-order valence-electron chi connectivity index (χ2n) is 6.22. The molecule has 1 aromatic heterocycles. The molecule has 11 nitrogen and oxygen atoms in total. The van der Waals surface area contributed by atoms with Gasteiger partial charge in [-0.05, 0) is 25.7 Å². The van der Waals surface area contributed by atoms with E-state index in [2.05, 4.69) is 10.1 Å². The summed E-state index contributed by atoms with van der Waals surface area (Å²) in [4.78, 5) is 51.1. The number of hydrogen-bond acceptors (Lipinski definition) is 6. The molecule has 26 heavy (non-hydrogen) atoms. The van der Waals surface area contributed by atoms with Crippen LogP contribution in [0, 0.1) is 0 Å². The van der Waals surface area contributed by atoms with E-state index in [0.29, 0.717) is 25.9 Å². The molecule has 0 aliphatic carbocycles. The van der Waals surface area contributed by atoms with Gasteiger partial charge in [0.1, 0.15) is 5.54 Å². The summed E-state index contributed by atoms with van der Waals surface area (Å²) in [5.74, 6) is -0.563. The molecule has 11 heteroatoms. The molecule has 2 fully saturated rings. The Labute approximate surface area is 149 Å². The first kappa shape index (κ1) is 19.6. The van der Waals surface area contributed by atoms with Crippen molar-refractivity contribution in [2.24, 2.45) is 7.05 Å². The summed E-state index contributed by atoms with van der Waals surface area (Å²) >= 11 is 0. The van der Waals surface area contributed by atoms with Gasteiger partial charge in [0, 0.05) is 26.7 Å². The zero-order valence-corrected chi connectivity index (χ0v) is 14.6. The molecule has 1 aromatic rings. The number of carbonyl (C=O) groups is 3. The second-order valence-corrected chi connectivity index (χ2v) is 6.22. The Bertz CT molecular complexity index is 726. The number of piperidine rings is 1. The summed E-state index contributed by atoms with van der Waals surface area (Å²) in [6, 6.07) is 0. The Hall–Kier alpha value is -2.69. The summed E-state index contributed by atoms with van der Waals surface area (Å²) in [5.41, 5.74) is -1.32. The van der Waals surface area contributed by atoms with Crippen LogP contribution in [0.25, 0.3) is 0 Å². The zero-order chi connectivity index (χ0) is 19.3. The quantitative estimate of drug-likeness (QED) is 0.543. The Balaban J connectivity index is 0.000000758. The van der Waals surface area contributed by atoms with Crippen molar-refractivity contribution < 1.29 is 24.6 Å². The first-order chi connectivity index (χ1) is 12.4. The molecule has 2 saturated heterocycles. The Morgan fingerprint density at radius 3 is 2.46 bits per heavy atom. The summed E-state index contributed by atoms with van der Waals surface area (Å²) in [7, 11) is 1.46. The van der Waals surface area contributed by atoms with Crippen molar-refractivity contribution >= 4 is 18.3 Å². The summed E-state index contributed by atoms with van der Waals surface area (Å²) < 4.78 is 1.07. The van der Waals surface area contributed by atoms with Crippen molar-refractivity contribution in [2.45, 2.75) is 31.2 Å². The van der Waals surface area contributed by atoms with E-state index in [1.807, 2.05) is 0 Å². The van der Waals surface area contributed by atoms with E-state index >= 15 is 0 Å². The first-order valence-electron chi connectivity index (χ1n) is 8.34. The zero-order valence-electron chi connectivity index (χ0n) is 14.6. The number of amides is 2. The van der Waals surface area contributed by atoms with Gasteiger partial charge in [-0.15, -0.1) is 5.10 Å². The number of rotatable bonds is 3. The van der Waals surface area contributed by atoms with Crippen LogP contribution < -0.4 is 5.69 Å². The van der Waals surface area contributed by atoms with Crippen molar-refractivity contribution in [3.05, 3.63) is 16.3 Å². The molecular weight excluding hydrogens is 346 g/mol. The van der Waals surface area contributed by atoms with Crippen LogP contribution in [0.5, 0.6) is 0 Å². The second kappa shape index (κ2) is 8.13. The molecule has 0 saturated carbocycles. The van der Waals surface area contributed by atoms with Crippen LogP contribution in [0.2, 0.25) is 0 Å². The van der Waals surface area contributed by atoms with Gasteiger partial charge in [0.25, 0.3) is 12.4 Å².